The molecule has 1 aromatic heterocycles. The van der Waals surface area contributed by atoms with Crippen LogP contribution in [0.1, 0.15) is 11.7 Å². The fourth-order valence-electron chi connectivity index (χ4n) is 2.00. The second-order valence-electron chi connectivity index (χ2n) is 3.74. The molecule has 1 atom stereocenters. The number of morpholine rings is 1. The maximum Gasteiger partial charge on any atom is 0.0924 e. The lowest BCUT2D eigenvalue weighted by molar-refractivity contribution is 0.0760. The lowest BCUT2D eigenvalue weighted by Crippen LogP contribution is -2.34. The van der Waals surface area contributed by atoms with Crippen molar-refractivity contribution >= 4 is 10.9 Å². The number of hydrogen-bond donors (Lipinski definition) is 2. The molecule has 4 nitrogen and oxygen atoms in total. The van der Waals surface area contributed by atoms with Crippen LogP contribution in [0.15, 0.2) is 24.3 Å². The van der Waals surface area contributed by atoms with Crippen LogP contribution < -0.4 is 5.32 Å². The van der Waals surface area contributed by atoms with Crippen molar-refractivity contribution in [1.82, 2.24) is 15.5 Å². The number of nitrogens with one attached hydrogen (secondary N) is 2. The Bertz CT molecular complexity index is 460. The van der Waals surface area contributed by atoms with Gasteiger partial charge in [-0.1, -0.05) is 18.2 Å². The molecule has 0 aliphatic carbocycles. The number of hydrogen-bond acceptors (Lipinski definition) is 3. The highest BCUT2D eigenvalue weighted by Gasteiger charge is 2.19. The van der Waals surface area contributed by atoms with Crippen LogP contribution in [-0.4, -0.2) is 30.0 Å². The molecule has 78 valence electrons. The van der Waals surface area contributed by atoms with Crippen molar-refractivity contribution in [2.75, 3.05) is 19.8 Å². The second-order valence-corrected chi connectivity index (χ2v) is 3.74. The van der Waals surface area contributed by atoms with E-state index in [4.69, 9.17) is 4.74 Å². The average molecular weight is 203 g/mol. The van der Waals surface area contributed by atoms with Crippen LogP contribution in [0.3, 0.4) is 0 Å². The minimum Gasteiger partial charge on any atom is -0.378 e. The van der Waals surface area contributed by atoms with Crippen LogP contribution >= 0.6 is 0 Å². The van der Waals surface area contributed by atoms with Crippen molar-refractivity contribution in [1.29, 1.82) is 0 Å². The van der Waals surface area contributed by atoms with Gasteiger partial charge in [-0.2, -0.15) is 5.10 Å². The number of ether oxygens (including phenoxy) is 1. The van der Waals surface area contributed by atoms with E-state index in [1.54, 1.807) is 0 Å². The van der Waals surface area contributed by atoms with Crippen LogP contribution in [0.4, 0.5) is 0 Å². The Labute approximate surface area is 87.6 Å². The van der Waals surface area contributed by atoms with Gasteiger partial charge >= 0.3 is 0 Å². The van der Waals surface area contributed by atoms with E-state index >= 15 is 0 Å². The number of aromatic amines is 1. The van der Waals surface area contributed by atoms with E-state index in [-0.39, 0.29) is 6.04 Å². The summed E-state index contributed by atoms with van der Waals surface area (Å²) in [5.41, 5.74) is 2.14. The van der Waals surface area contributed by atoms with Crippen molar-refractivity contribution in [2.45, 2.75) is 6.04 Å². The summed E-state index contributed by atoms with van der Waals surface area (Å²) in [6.45, 7) is 2.41. The molecule has 1 aliphatic rings. The molecule has 2 N–H and O–H groups in total. The lowest BCUT2D eigenvalue weighted by Gasteiger charge is -2.22. The van der Waals surface area contributed by atoms with Crippen molar-refractivity contribution in [2.24, 2.45) is 0 Å². The smallest absolute Gasteiger partial charge is 0.0924 e. The topological polar surface area (TPSA) is 49.9 Å². The maximum atomic E-state index is 5.44. The molecule has 2 heterocycles. The van der Waals surface area contributed by atoms with Crippen LogP contribution in [0.25, 0.3) is 10.9 Å². The molecule has 4 heteroatoms. The van der Waals surface area contributed by atoms with Crippen LogP contribution in [0, 0.1) is 0 Å². The first-order valence-corrected chi connectivity index (χ1v) is 5.19. The molecule has 15 heavy (non-hydrogen) atoms. The molecular formula is C11H13N3O. The number of para-hydroxylation sites is 1. The first kappa shape index (κ1) is 8.88. The van der Waals surface area contributed by atoms with Crippen molar-refractivity contribution < 1.29 is 4.74 Å². The first-order valence-electron chi connectivity index (χ1n) is 5.19. The Morgan fingerprint density at radius 1 is 1.33 bits per heavy atom. The molecule has 1 aliphatic heterocycles. The van der Waals surface area contributed by atoms with Crippen molar-refractivity contribution in [3.8, 4) is 0 Å². The van der Waals surface area contributed by atoms with Crippen molar-refractivity contribution in [3.05, 3.63) is 30.0 Å². The highest BCUT2D eigenvalue weighted by atomic mass is 16.5. The van der Waals surface area contributed by atoms with Crippen LogP contribution in [-0.2, 0) is 4.74 Å². The third-order valence-corrected chi connectivity index (χ3v) is 2.76. The van der Waals surface area contributed by atoms with Gasteiger partial charge in [0, 0.05) is 11.9 Å². The first-order chi connectivity index (χ1) is 7.45. The fraction of sp³-hybridized carbons (Fsp3) is 0.364. The molecule has 2 aromatic rings. The quantitative estimate of drug-likeness (QED) is 0.732. The normalized spacial score (nSPS) is 22.0. The Balaban J connectivity index is 2.02. The molecule has 0 bridgehead atoms. The molecule has 3 rings (SSSR count). The summed E-state index contributed by atoms with van der Waals surface area (Å²) in [4.78, 5) is 0. The number of benzene rings is 1. The van der Waals surface area contributed by atoms with Gasteiger partial charge in [-0.25, -0.2) is 0 Å². The summed E-state index contributed by atoms with van der Waals surface area (Å²) in [5.74, 6) is 0. The Morgan fingerprint density at radius 3 is 3.13 bits per heavy atom. The third-order valence-electron chi connectivity index (χ3n) is 2.76. The highest BCUT2D eigenvalue weighted by Crippen LogP contribution is 2.22. The predicted octanol–water partition coefficient (Wildman–Crippen LogP) is 1.22. The summed E-state index contributed by atoms with van der Waals surface area (Å²) in [5, 5.41) is 12.0. The SMILES string of the molecule is c1ccc2c(C3COCCN3)[nH]nc2c1. The average Bonchev–Trinajstić information content (AvgIpc) is 2.74. The third kappa shape index (κ3) is 1.52. The zero-order valence-electron chi connectivity index (χ0n) is 8.36. The minimum absolute atomic E-state index is 0.242. The fourth-order valence-corrected chi connectivity index (χ4v) is 2.00. The van der Waals surface area contributed by atoms with E-state index in [0.29, 0.717) is 6.61 Å². The number of fused-ring (bicyclic) bond motifs is 1. The van der Waals surface area contributed by atoms with Gasteiger partial charge in [0.2, 0.25) is 0 Å². The molecule has 1 fully saturated rings. The summed E-state index contributed by atoms with van der Waals surface area (Å²) in [6.07, 6.45) is 0. The Morgan fingerprint density at radius 2 is 2.27 bits per heavy atom. The van der Waals surface area contributed by atoms with Crippen LogP contribution in [0.2, 0.25) is 0 Å². The molecular weight excluding hydrogens is 190 g/mol. The number of H-pyrrole nitrogens is 1. The summed E-state index contributed by atoms with van der Waals surface area (Å²) >= 11 is 0. The monoisotopic (exact) mass is 203 g/mol. The Hall–Kier alpha value is -1.39. The summed E-state index contributed by atoms with van der Waals surface area (Å²) in [6, 6.07) is 8.37. The molecule has 1 saturated heterocycles. The predicted molar refractivity (Wildman–Crippen MR) is 57.7 cm³/mol. The van der Waals surface area contributed by atoms with Gasteiger partial charge in [0.25, 0.3) is 0 Å². The minimum atomic E-state index is 0.242. The largest absolute Gasteiger partial charge is 0.378 e. The molecule has 0 radical (unpaired) electrons. The maximum absolute atomic E-state index is 5.44. The number of rotatable bonds is 1. The van der Waals surface area contributed by atoms with Gasteiger partial charge in [-0.3, -0.25) is 5.10 Å². The van der Waals surface area contributed by atoms with Gasteiger partial charge in [0.15, 0.2) is 0 Å². The van der Waals surface area contributed by atoms with E-state index < -0.39 is 0 Å². The van der Waals surface area contributed by atoms with E-state index in [2.05, 4.69) is 21.6 Å². The van der Waals surface area contributed by atoms with Gasteiger partial charge in [-0.05, 0) is 6.07 Å². The van der Waals surface area contributed by atoms with Crippen LogP contribution in [0.5, 0.6) is 0 Å². The number of nitrogens with zero attached hydrogens (tertiary/aromatic N) is 1. The van der Waals surface area contributed by atoms with E-state index in [9.17, 15) is 0 Å². The molecule has 1 unspecified atom stereocenters. The van der Waals surface area contributed by atoms with E-state index in [1.165, 1.54) is 5.39 Å². The van der Waals surface area contributed by atoms with Gasteiger partial charge in [-0.15, -0.1) is 0 Å². The molecule has 0 saturated carbocycles. The highest BCUT2D eigenvalue weighted by molar-refractivity contribution is 5.81. The zero-order valence-corrected chi connectivity index (χ0v) is 8.36. The van der Waals surface area contributed by atoms with Crippen molar-refractivity contribution in [3.63, 3.8) is 0 Å². The molecule has 0 spiro atoms. The van der Waals surface area contributed by atoms with Gasteiger partial charge in [0.05, 0.1) is 30.5 Å². The molecule has 1 aromatic carbocycles. The van der Waals surface area contributed by atoms with Gasteiger partial charge < -0.3 is 10.1 Å². The van der Waals surface area contributed by atoms with Gasteiger partial charge in [0.1, 0.15) is 0 Å². The second kappa shape index (κ2) is 3.64. The summed E-state index contributed by atoms with van der Waals surface area (Å²) < 4.78 is 5.44. The Kier molecular flexibility index (Phi) is 2.16. The standard InChI is InChI=1S/C11H13N3O/c1-2-4-9-8(3-1)11(14-13-9)10-7-15-6-5-12-10/h1-4,10,12H,5-7H2,(H,13,14). The summed E-state index contributed by atoms with van der Waals surface area (Å²) in [7, 11) is 0. The lowest BCUT2D eigenvalue weighted by atomic mass is 10.1. The molecule has 0 amide bonds. The van der Waals surface area contributed by atoms with E-state index in [1.807, 2.05) is 18.2 Å². The number of aromatic nitrogens is 2. The zero-order chi connectivity index (χ0) is 10.1. The van der Waals surface area contributed by atoms with E-state index in [0.717, 1.165) is 24.4 Å².